The van der Waals surface area contributed by atoms with Crippen LogP contribution in [0.2, 0.25) is 0 Å². The number of pyridine rings is 1. The molecule has 3 heterocycles. The van der Waals surface area contributed by atoms with Gasteiger partial charge in [0.15, 0.2) is 0 Å². The maximum Gasteiger partial charge on any atom is 0.226 e. The van der Waals surface area contributed by atoms with Crippen molar-refractivity contribution in [3.05, 3.63) is 23.9 Å². The molecular weight excluding hydrogens is 302 g/mol. The number of carbonyl (C=O) groups is 1. The Morgan fingerprint density at radius 3 is 2.92 bits per heavy atom. The molecule has 0 unspecified atom stereocenters. The molecule has 2 saturated heterocycles. The van der Waals surface area contributed by atoms with Gasteiger partial charge in [0.05, 0.1) is 0 Å². The number of piperidine rings is 1. The Hall–Kier alpha value is -1.62. The molecule has 0 saturated carbocycles. The average Bonchev–Trinajstić information content (AvgIpc) is 2.67. The first-order chi connectivity index (χ1) is 11.8. The molecule has 132 valence electrons. The lowest BCUT2D eigenvalue weighted by atomic mass is 9.92. The molecule has 5 heteroatoms. The SMILES string of the molecule is CNc1cccc(CC[C@@H]2CCCCN2C(=O)C2CCOCC2)n1. The van der Waals surface area contributed by atoms with E-state index in [0.29, 0.717) is 11.9 Å². The molecule has 1 aromatic rings. The molecule has 1 amide bonds. The summed E-state index contributed by atoms with van der Waals surface area (Å²) in [5, 5.41) is 3.09. The molecule has 0 spiro atoms. The van der Waals surface area contributed by atoms with Crippen molar-refractivity contribution in [3.63, 3.8) is 0 Å². The van der Waals surface area contributed by atoms with Gasteiger partial charge in [-0.2, -0.15) is 0 Å². The molecule has 24 heavy (non-hydrogen) atoms. The van der Waals surface area contributed by atoms with Crippen LogP contribution in [0, 0.1) is 5.92 Å². The minimum Gasteiger partial charge on any atom is -0.381 e. The number of aromatic nitrogens is 1. The van der Waals surface area contributed by atoms with Crippen LogP contribution in [0.3, 0.4) is 0 Å². The normalized spacial score (nSPS) is 22.4. The molecule has 5 nitrogen and oxygen atoms in total. The average molecular weight is 331 g/mol. The van der Waals surface area contributed by atoms with Crippen molar-refractivity contribution in [2.24, 2.45) is 5.92 Å². The van der Waals surface area contributed by atoms with E-state index in [1.807, 2.05) is 19.2 Å². The van der Waals surface area contributed by atoms with Crippen LogP contribution in [0.15, 0.2) is 18.2 Å². The van der Waals surface area contributed by atoms with E-state index in [-0.39, 0.29) is 5.92 Å². The third kappa shape index (κ3) is 4.26. The number of amides is 1. The fraction of sp³-hybridized carbons (Fsp3) is 0.684. The number of anilines is 1. The highest BCUT2D eigenvalue weighted by atomic mass is 16.5. The molecule has 2 aliphatic heterocycles. The van der Waals surface area contributed by atoms with Gasteiger partial charge in [0.2, 0.25) is 5.91 Å². The zero-order valence-electron chi connectivity index (χ0n) is 14.7. The van der Waals surface area contributed by atoms with E-state index in [2.05, 4.69) is 21.3 Å². The van der Waals surface area contributed by atoms with Crippen LogP contribution in [-0.2, 0) is 16.0 Å². The van der Waals surface area contributed by atoms with Gasteiger partial charge in [-0.25, -0.2) is 4.98 Å². The summed E-state index contributed by atoms with van der Waals surface area (Å²) >= 11 is 0. The van der Waals surface area contributed by atoms with Gasteiger partial charge in [0.25, 0.3) is 0 Å². The third-order valence-corrected chi connectivity index (χ3v) is 5.28. The molecule has 1 atom stereocenters. The lowest BCUT2D eigenvalue weighted by Crippen LogP contribution is -2.47. The van der Waals surface area contributed by atoms with Gasteiger partial charge in [-0.15, -0.1) is 0 Å². The summed E-state index contributed by atoms with van der Waals surface area (Å²) in [6.45, 7) is 2.39. The summed E-state index contributed by atoms with van der Waals surface area (Å²) in [7, 11) is 1.89. The van der Waals surface area contributed by atoms with Crippen LogP contribution in [0.1, 0.15) is 44.2 Å². The molecule has 2 fully saturated rings. The molecule has 2 aliphatic rings. The van der Waals surface area contributed by atoms with Crippen LogP contribution in [0.25, 0.3) is 0 Å². The lowest BCUT2D eigenvalue weighted by Gasteiger charge is -2.38. The predicted molar refractivity (Wildman–Crippen MR) is 95.0 cm³/mol. The van der Waals surface area contributed by atoms with Crippen molar-refractivity contribution in [1.82, 2.24) is 9.88 Å². The van der Waals surface area contributed by atoms with Gasteiger partial charge in [-0.3, -0.25) is 4.79 Å². The molecule has 0 aliphatic carbocycles. The molecular formula is C19H29N3O2. The first kappa shape index (κ1) is 17.2. The number of carbonyl (C=O) groups excluding carboxylic acids is 1. The fourth-order valence-electron chi connectivity index (χ4n) is 3.84. The first-order valence-corrected chi connectivity index (χ1v) is 9.30. The number of hydrogen-bond donors (Lipinski definition) is 1. The van der Waals surface area contributed by atoms with Gasteiger partial charge in [-0.05, 0) is 57.1 Å². The highest BCUT2D eigenvalue weighted by Crippen LogP contribution is 2.26. The topological polar surface area (TPSA) is 54.5 Å². The minimum atomic E-state index is 0.171. The molecule has 3 rings (SSSR count). The zero-order valence-corrected chi connectivity index (χ0v) is 14.7. The lowest BCUT2D eigenvalue weighted by molar-refractivity contribution is -0.142. The highest BCUT2D eigenvalue weighted by molar-refractivity contribution is 5.79. The Labute approximate surface area is 144 Å². The van der Waals surface area contributed by atoms with Gasteiger partial charge < -0.3 is 15.0 Å². The van der Waals surface area contributed by atoms with Gasteiger partial charge in [0.1, 0.15) is 5.82 Å². The number of aryl methyl sites for hydroxylation is 1. The van der Waals surface area contributed by atoms with E-state index < -0.39 is 0 Å². The quantitative estimate of drug-likeness (QED) is 0.901. The van der Waals surface area contributed by atoms with E-state index in [1.165, 1.54) is 6.42 Å². The van der Waals surface area contributed by atoms with Crippen LogP contribution >= 0.6 is 0 Å². The molecule has 1 aromatic heterocycles. The fourth-order valence-corrected chi connectivity index (χ4v) is 3.84. The summed E-state index contributed by atoms with van der Waals surface area (Å²) in [5.41, 5.74) is 1.10. The van der Waals surface area contributed by atoms with Crippen LogP contribution in [0.5, 0.6) is 0 Å². The summed E-state index contributed by atoms with van der Waals surface area (Å²) in [6.07, 6.45) is 7.19. The zero-order chi connectivity index (χ0) is 16.8. The number of nitrogens with one attached hydrogen (secondary N) is 1. The minimum absolute atomic E-state index is 0.171. The number of likely N-dealkylation sites (tertiary alicyclic amines) is 1. The van der Waals surface area contributed by atoms with Crippen molar-refractivity contribution in [3.8, 4) is 0 Å². The first-order valence-electron chi connectivity index (χ1n) is 9.30. The summed E-state index contributed by atoms with van der Waals surface area (Å²) in [4.78, 5) is 19.7. The van der Waals surface area contributed by atoms with Crippen molar-refractivity contribution >= 4 is 11.7 Å². The molecule has 0 bridgehead atoms. The Kier molecular flexibility index (Phi) is 6.07. The molecule has 0 radical (unpaired) electrons. The van der Waals surface area contributed by atoms with Crippen LogP contribution < -0.4 is 5.32 Å². The number of ether oxygens (including phenoxy) is 1. The second kappa shape index (κ2) is 8.47. The van der Waals surface area contributed by atoms with E-state index >= 15 is 0 Å². The van der Waals surface area contributed by atoms with Crippen molar-refractivity contribution < 1.29 is 9.53 Å². The van der Waals surface area contributed by atoms with Gasteiger partial charge in [-0.1, -0.05) is 6.07 Å². The highest BCUT2D eigenvalue weighted by Gasteiger charge is 2.32. The summed E-state index contributed by atoms with van der Waals surface area (Å²) < 4.78 is 5.41. The van der Waals surface area contributed by atoms with Crippen LogP contribution in [-0.4, -0.2) is 48.6 Å². The summed E-state index contributed by atoms with van der Waals surface area (Å²) in [5.74, 6) is 1.44. The predicted octanol–water partition coefficient (Wildman–Crippen LogP) is 2.86. The standard InChI is InChI=1S/C19H29N3O2/c1-20-18-7-4-5-16(21-18)8-9-17-6-2-3-12-22(17)19(23)15-10-13-24-14-11-15/h4-5,7,15,17H,2-3,6,8-14H2,1H3,(H,20,21)/t17-/m0/s1. The number of nitrogens with zero attached hydrogens (tertiary/aromatic N) is 2. The monoisotopic (exact) mass is 331 g/mol. The second-order valence-electron chi connectivity index (χ2n) is 6.87. The van der Waals surface area contributed by atoms with Crippen molar-refractivity contribution in [2.45, 2.75) is 51.0 Å². The second-order valence-corrected chi connectivity index (χ2v) is 6.87. The van der Waals surface area contributed by atoms with E-state index in [4.69, 9.17) is 4.74 Å². The van der Waals surface area contributed by atoms with Gasteiger partial charge in [0, 0.05) is 44.5 Å². The maximum atomic E-state index is 12.9. The van der Waals surface area contributed by atoms with Gasteiger partial charge >= 0.3 is 0 Å². The van der Waals surface area contributed by atoms with Crippen molar-refractivity contribution in [2.75, 3.05) is 32.1 Å². The molecule has 1 N–H and O–H groups in total. The Balaban J connectivity index is 1.60. The Morgan fingerprint density at radius 1 is 1.29 bits per heavy atom. The van der Waals surface area contributed by atoms with E-state index in [9.17, 15) is 4.79 Å². The number of rotatable bonds is 5. The Bertz CT molecular complexity index is 543. The Morgan fingerprint density at radius 2 is 2.12 bits per heavy atom. The number of hydrogen-bond acceptors (Lipinski definition) is 4. The van der Waals surface area contributed by atoms with E-state index in [0.717, 1.165) is 69.8 Å². The van der Waals surface area contributed by atoms with E-state index in [1.54, 1.807) is 0 Å². The maximum absolute atomic E-state index is 12.9. The summed E-state index contributed by atoms with van der Waals surface area (Å²) in [6, 6.07) is 6.47. The third-order valence-electron chi connectivity index (χ3n) is 5.28. The van der Waals surface area contributed by atoms with Crippen LogP contribution in [0.4, 0.5) is 5.82 Å². The van der Waals surface area contributed by atoms with Crippen molar-refractivity contribution in [1.29, 1.82) is 0 Å². The largest absolute Gasteiger partial charge is 0.381 e. The molecule has 0 aromatic carbocycles. The smallest absolute Gasteiger partial charge is 0.226 e.